The van der Waals surface area contributed by atoms with Gasteiger partial charge in [0.2, 0.25) is 5.91 Å². The highest BCUT2D eigenvalue weighted by atomic mass is 16.6. The average molecular weight is 384 g/mol. The number of hydrogen-bond acceptors (Lipinski definition) is 6. The molecule has 1 fully saturated rings. The summed E-state index contributed by atoms with van der Waals surface area (Å²) in [4.78, 5) is 48.8. The van der Waals surface area contributed by atoms with Gasteiger partial charge in [0.15, 0.2) is 5.92 Å². The van der Waals surface area contributed by atoms with Crippen molar-refractivity contribution in [1.82, 2.24) is 0 Å². The fourth-order valence-corrected chi connectivity index (χ4v) is 3.47. The van der Waals surface area contributed by atoms with E-state index in [1.165, 1.54) is 29.2 Å². The Bertz CT molecular complexity index is 927. The van der Waals surface area contributed by atoms with Gasteiger partial charge < -0.3 is 14.7 Å². The first-order chi connectivity index (χ1) is 13.4. The molecule has 0 aromatic heterocycles. The Balaban J connectivity index is 2.18. The number of anilines is 1. The van der Waals surface area contributed by atoms with Crippen LogP contribution in [0.4, 0.5) is 11.4 Å². The van der Waals surface area contributed by atoms with E-state index in [1.54, 1.807) is 30.3 Å². The van der Waals surface area contributed by atoms with E-state index in [-0.39, 0.29) is 5.69 Å². The van der Waals surface area contributed by atoms with E-state index in [4.69, 9.17) is 4.74 Å². The maximum absolute atomic E-state index is 13.0. The van der Waals surface area contributed by atoms with E-state index >= 15 is 0 Å². The summed E-state index contributed by atoms with van der Waals surface area (Å²) in [5.74, 6) is -5.98. The predicted molar refractivity (Wildman–Crippen MR) is 96.4 cm³/mol. The number of nitro benzene ring substituents is 1. The minimum atomic E-state index is -1.63. The van der Waals surface area contributed by atoms with Crippen LogP contribution in [0.25, 0.3) is 0 Å². The van der Waals surface area contributed by atoms with E-state index in [1.807, 2.05) is 0 Å². The Morgan fingerprint density at radius 3 is 2.21 bits per heavy atom. The smallest absolute Gasteiger partial charge is 0.317 e. The largest absolute Gasteiger partial charge is 0.481 e. The second-order valence-electron chi connectivity index (χ2n) is 6.20. The average Bonchev–Trinajstić information content (AvgIpc) is 3.01. The van der Waals surface area contributed by atoms with Crippen molar-refractivity contribution in [3.8, 4) is 0 Å². The third-order valence-corrected chi connectivity index (χ3v) is 4.70. The van der Waals surface area contributed by atoms with Crippen molar-refractivity contribution in [1.29, 1.82) is 0 Å². The number of nitrogens with zero attached hydrogens (tertiary/aromatic N) is 2. The Labute approximate surface area is 159 Å². The number of rotatable bonds is 5. The Kier molecular flexibility index (Phi) is 5.08. The molecule has 144 valence electrons. The van der Waals surface area contributed by atoms with Crippen LogP contribution in [0.1, 0.15) is 11.6 Å². The van der Waals surface area contributed by atoms with E-state index in [0.717, 1.165) is 7.11 Å². The maximum Gasteiger partial charge on any atom is 0.317 e. The molecule has 0 bridgehead atoms. The first-order valence-corrected chi connectivity index (χ1v) is 8.30. The van der Waals surface area contributed by atoms with Gasteiger partial charge in [-0.2, -0.15) is 0 Å². The molecule has 1 heterocycles. The number of ether oxygens (including phenoxy) is 1. The molecule has 28 heavy (non-hydrogen) atoms. The summed E-state index contributed by atoms with van der Waals surface area (Å²) in [5, 5.41) is 20.5. The Hall–Kier alpha value is -3.75. The summed E-state index contributed by atoms with van der Waals surface area (Å²) < 4.78 is 4.77. The molecule has 0 saturated carbocycles. The highest BCUT2D eigenvalue weighted by molar-refractivity contribution is 6.12. The molecule has 1 N–H and O–H groups in total. The highest BCUT2D eigenvalue weighted by Gasteiger charge is 2.56. The number of nitro groups is 1. The molecule has 1 amide bonds. The lowest BCUT2D eigenvalue weighted by Gasteiger charge is -2.27. The van der Waals surface area contributed by atoms with Crippen LogP contribution in [0, 0.1) is 22.0 Å². The number of carboxylic acid groups (broad SMARTS) is 1. The monoisotopic (exact) mass is 384 g/mol. The quantitative estimate of drug-likeness (QED) is 0.362. The zero-order chi connectivity index (χ0) is 20.4. The van der Waals surface area contributed by atoms with Gasteiger partial charge in [-0.25, -0.2) is 0 Å². The fourth-order valence-electron chi connectivity index (χ4n) is 3.47. The van der Waals surface area contributed by atoms with Crippen molar-refractivity contribution in [2.45, 2.75) is 6.04 Å². The van der Waals surface area contributed by atoms with Crippen LogP contribution in [-0.4, -0.2) is 35.0 Å². The topological polar surface area (TPSA) is 127 Å². The van der Waals surface area contributed by atoms with Crippen LogP contribution in [0.15, 0.2) is 54.6 Å². The van der Waals surface area contributed by atoms with Crippen LogP contribution in [-0.2, 0) is 19.1 Å². The van der Waals surface area contributed by atoms with Gasteiger partial charge in [-0.15, -0.1) is 0 Å². The highest BCUT2D eigenvalue weighted by Crippen LogP contribution is 2.45. The molecule has 9 heteroatoms. The zero-order valence-electron chi connectivity index (χ0n) is 14.7. The number of amides is 1. The molecule has 9 nitrogen and oxygen atoms in total. The molecular weight excluding hydrogens is 368 g/mol. The molecule has 2 aromatic rings. The molecule has 1 aliphatic rings. The molecular formula is C19H16N2O7. The van der Waals surface area contributed by atoms with Crippen molar-refractivity contribution >= 4 is 29.2 Å². The van der Waals surface area contributed by atoms with Crippen LogP contribution in [0.3, 0.4) is 0 Å². The lowest BCUT2D eigenvalue weighted by molar-refractivity contribution is -0.384. The first-order valence-electron chi connectivity index (χ1n) is 8.30. The van der Waals surface area contributed by atoms with Crippen molar-refractivity contribution in [2.75, 3.05) is 12.0 Å². The van der Waals surface area contributed by atoms with Crippen LogP contribution >= 0.6 is 0 Å². The van der Waals surface area contributed by atoms with Gasteiger partial charge >= 0.3 is 11.9 Å². The summed E-state index contributed by atoms with van der Waals surface area (Å²) in [6.07, 6.45) is 0. The number of benzene rings is 2. The lowest BCUT2D eigenvalue weighted by atomic mass is 9.86. The molecule has 2 aromatic carbocycles. The van der Waals surface area contributed by atoms with Crippen molar-refractivity contribution < 1.29 is 29.2 Å². The Morgan fingerprint density at radius 1 is 1.11 bits per heavy atom. The van der Waals surface area contributed by atoms with E-state index in [2.05, 4.69) is 0 Å². The standard InChI is InChI=1S/C19H16N2O7/c1-28-19(25)14-15(18(23)24)17(22)20(12-5-3-2-4-6-12)16(14)11-7-9-13(10-8-11)21(26)27/h2-10,14-16H,1H3,(H,23,24)/t14-,15-,16+/m1/s1. The van der Waals surface area contributed by atoms with Crippen LogP contribution in [0.5, 0.6) is 0 Å². The molecule has 3 atom stereocenters. The number of carboxylic acids is 1. The van der Waals surface area contributed by atoms with Gasteiger partial charge in [0.25, 0.3) is 5.69 Å². The maximum atomic E-state index is 13.0. The second kappa shape index (κ2) is 7.47. The summed E-state index contributed by atoms with van der Waals surface area (Å²) in [6.45, 7) is 0. The van der Waals surface area contributed by atoms with E-state index < -0.39 is 40.6 Å². The van der Waals surface area contributed by atoms with Crippen molar-refractivity contribution in [3.05, 3.63) is 70.3 Å². The normalized spacial score (nSPS) is 21.4. The van der Waals surface area contributed by atoms with Crippen molar-refractivity contribution in [2.24, 2.45) is 11.8 Å². The first kappa shape index (κ1) is 19.0. The van der Waals surface area contributed by atoms with Gasteiger partial charge in [-0.3, -0.25) is 24.5 Å². The molecule has 0 radical (unpaired) electrons. The van der Waals surface area contributed by atoms with Gasteiger partial charge in [0.1, 0.15) is 5.92 Å². The molecule has 0 unspecified atom stereocenters. The number of carbonyl (C=O) groups is 3. The van der Waals surface area contributed by atoms with E-state index in [9.17, 15) is 29.6 Å². The number of esters is 1. The minimum Gasteiger partial charge on any atom is -0.481 e. The van der Waals surface area contributed by atoms with Crippen LogP contribution < -0.4 is 4.90 Å². The van der Waals surface area contributed by atoms with Gasteiger partial charge in [-0.1, -0.05) is 30.3 Å². The van der Waals surface area contributed by atoms with E-state index in [0.29, 0.717) is 11.3 Å². The number of carbonyl (C=O) groups excluding carboxylic acids is 2. The second-order valence-corrected chi connectivity index (χ2v) is 6.20. The third-order valence-electron chi connectivity index (χ3n) is 4.70. The summed E-state index contributed by atoms with van der Waals surface area (Å²) in [6, 6.07) is 12.6. The SMILES string of the molecule is COC(=O)[C@@H]1[C@@H](C(=O)O)C(=O)N(c2ccccc2)[C@H]1c1ccc([N+](=O)[O-])cc1. The summed E-state index contributed by atoms with van der Waals surface area (Å²) >= 11 is 0. The van der Waals surface area contributed by atoms with Gasteiger partial charge in [-0.05, 0) is 17.7 Å². The van der Waals surface area contributed by atoms with Gasteiger partial charge in [0.05, 0.1) is 18.1 Å². The molecule has 0 spiro atoms. The van der Waals surface area contributed by atoms with Crippen LogP contribution in [0.2, 0.25) is 0 Å². The zero-order valence-corrected chi connectivity index (χ0v) is 14.7. The molecule has 1 aliphatic heterocycles. The lowest BCUT2D eigenvalue weighted by Crippen LogP contribution is -2.32. The molecule has 3 rings (SSSR count). The Morgan fingerprint density at radius 2 is 1.71 bits per heavy atom. The summed E-state index contributed by atoms with van der Waals surface area (Å²) in [5.41, 5.74) is 0.638. The minimum absolute atomic E-state index is 0.163. The molecule has 0 aliphatic carbocycles. The predicted octanol–water partition coefficient (Wildman–Crippen LogP) is 2.17. The van der Waals surface area contributed by atoms with Crippen molar-refractivity contribution in [3.63, 3.8) is 0 Å². The number of methoxy groups -OCH3 is 1. The number of para-hydroxylation sites is 1. The number of hydrogen-bond donors (Lipinski definition) is 1. The van der Waals surface area contributed by atoms with Gasteiger partial charge in [0, 0.05) is 17.8 Å². The summed E-state index contributed by atoms with van der Waals surface area (Å²) in [7, 11) is 1.11. The number of aliphatic carboxylic acids is 1. The number of non-ortho nitro benzene ring substituents is 1. The third kappa shape index (κ3) is 3.18. The molecule has 1 saturated heterocycles. The fraction of sp³-hybridized carbons (Fsp3) is 0.211.